The second-order valence-electron chi connectivity index (χ2n) is 5.77. The summed E-state index contributed by atoms with van der Waals surface area (Å²) in [5.41, 5.74) is 2.33. The van der Waals surface area contributed by atoms with Gasteiger partial charge in [0.1, 0.15) is 11.5 Å². The van der Waals surface area contributed by atoms with Crippen LogP contribution in [0.15, 0.2) is 48.5 Å². The normalized spacial score (nSPS) is 14.7. The highest BCUT2D eigenvalue weighted by atomic mass is 16.7. The molecule has 3 rings (SSSR count). The minimum Gasteiger partial charge on any atom is -0.497 e. The lowest BCUT2D eigenvalue weighted by Crippen LogP contribution is -2.08. The van der Waals surface area contributed by atoms with Gasteiger partial charge in [-0.05, 0) is 54.7 Å². The Bertz CT molecular complexity index is 601. The zero-order valence-corrected chi connectivity index (χ0v) is 14.1. The number of methoxy groups -OCH3 is 1. The van der Waals surface area contributed by atoms with Crippen LogP contribution in [0.4, 0.5) is 0 Å². The third-order valence-electron chi connectivity index (χ3n) is 4.07. The summed E-state index contributed by atoms with van der Waals surface area (Å²) in [4.78, 5) is 0. The second kappa shape index (κ2) is 8.71. The zero-order valence-electron chi connectivity index (χ0n) is 14.1. The molecule has 0 spiro atoms. The van der Waals surface area contributed by atoms with Gasteiger partial charge in [-0.15, -0.1) is 0 Å². The van der Waals surface area contributed by atoms with Gasteiger partial charge in [0.2, 0.25) is 0 Å². The average molecular weight is 328 g/mol. The fourth-order valence-electron chi connectivity index (χ4n) is 2.70. The molecule has 0 amide bonds. The molecule has 0 aliphatic carbocycles. The first kappa shape index (κ1) is 16.8. The topological polar surface area (TPSA) is 36.9 Å². The molecule has 128 valence electrons. The van der Waals surface area contributed by atoms with Crippen molar-refractivity contribution in [3.8, 4) is 22.6 Å². The SMILES string of the molecule is COc1ccc(-c2ccc(OCCCCC3OCCO3)cc2)cc1. The summed E-state index contributed by atoms with van der Waals surface area (Å²) in [5.74, 6) is 1.77. The molecule has 1 aliphatic rings. The van der Waals surface area contributed by atoms with E-state index in [0.717, 1.165) is 44.0 Å². The Balaban J connectivity index is 1.42. The van der Waals surface area contributed by atoms with E-state index in [9.17, 15) is 0 Å². The molecule has 4 nitrogen and oxygen atoms in total. The summed E-state index contributed by atoms with van der Waals surface area (Å²) in [7, 11) is 1.68. The number of rotatable bonds is 8. The molecule has 2 aromatic rings. The van der Waals surface area contributed by atoms with Gasteiger partial charge in [0, 0.05) is 0 Å². The molecule has 2 aromatic carbocycles. The molecule has 4 heteroatoms. The van der Waals surface area contributed by atoms with Crippen LogP contribution in [0.3, 0.4) is 0 Å². The van der Waals surface area contributed by atoms with Crippen LogP contribution in [0.5, 0.6) is 11.5 Å². The largest absolute Gasteiger partial charge is 0.497 e. The van der Waals surface area contributed by atoms with Crippen LogP contribution in [0.1, 0.15) is 19.3 Å². The molecule has 0 saturated carbocycles. The molecule has 0 aromatic heterocycles. The van der Waals surface area contributed by atoms with E-state index in [4.69, 9.17) is 18.9 Å². The van der Waals surface area contributed by atoms with Gasteiger partial charge in [-0.2, -0.15) is 0 Å². The van der Waals surface area contributed by atoms with E-state index in [2.05, 4.69) is 24.3 Å². The van der Waals surface area contributed by atoms with Crippen molar-refractivity contribution in [2.45, 2.75) is 25.6 Å². The lowest BCUT2D eigenvalue weighted by molar-refractivity contribution is -0.0482. The van der Waals surface area contributed by atoms with E-state index in [1.54, 1.807) is 7.11 Å². The summed E-state index contributed by atoms with van der Waals surface area (Å²) in [5, 5.41) is 0. The summed E-state index contributed by atoms with van der Waals surface area (Å²) < 4.78 is 21.8. The summed E-state index contributed by atoms with van der Waals surface area (Å²) in [6.07, 6.45) is 2.99. The number of unbranched alkanes of at least 4 members (excludes halogenated alkanes) is 1. The minimum absolute atomic E-state index is 0.00576. The van der Waals surface area contributed by atoms with Gasteiger partial charge < -0.3 is 18.9 Å². The van der Waals surface area contributed by atoms with Crippen LogP contribution in [0.25, 0.3) is 11.1 Å². The second-order valence-corrected chi connectivity index (χ2v) is 5.77. The number of ether oxygens (including phenoxy) is 4. The fraction of sp³-hybridized carbons (Fsp3) is 0.400. The summed E-state index contributed by atoms with van der Waals surface area (Å²) in [6, 6.07) is 16.2. The van der Waals surface area contributed by atoms with Crippen LogP contribution < -0.4 is 9.47 Å². The molecule has 0 unspecified atom stereocenters. The highest BCUT2D eigenvalue weighted by Crippen LogP contribution is 2.24. The maximum Gasteiger partial charge on any atom is 0.157 e. The Morgan fingerprint density at radius 3 is 2.00 bits per heavy atom. The van der Waals surface area contributed by atoms with Crippen LogP contribution in [0, 0.1) is 0 Å². The number of benzene rings is 2. The molecule has 0 bridgehead atoms. The van der Waals surface area contributed by atoms with E-state index in [0.29, 0.717) is 6.61 Å². The van der Waals surface area contributed by atoms with E-state index in [1.807, 2.05) is 24.3 Å². The van der Waals surface area contributed by atoms with Crippen LogP contribution in [-0.4, -0.2) is 33.2 Å². The molecule has 1 aliphatic heterocycles. The molecule has 1 heterocycles. The predicted octanol–water partition coefficient (Wildman–Crippen LogP) is 4.28. The van der Waals surface area contributed by atoms with Gasteiger partial charge >= 0.3 is 0 Å². The molecule has 1 saturated heterocycles. The Morgan fingerprint density at radius 2 is 1.42 bits per heavy atom. The summed E-state index contributed by atoms with van der Waals surface area (Å²) in [6.45, 7) is 2.16. The Labute approximate surface area is 143 Å². The molecular weight excluding hydrogens is 304 g/mol. The van der Waals surface area contributed by atoms with Crippen molar-refractivity contribution in [1.82, 2.24) is 0 Å². The predicted molar refractivity (Wildman–Crippen MR) is 93.5 cm³/mol. The quantitative estimate of drug-likeness (QED) is 0.678. The van der Waals surface area contributed by atoms with Gasteiger partial charge in [-0.25, -0.2) is 0 Å². The van der Waals surface area contributed by atoms with E-state index < -0.39 is 0 Å². The third-order valence-corrected chi connectivity index (χ3v) is 4.07. The van der Waals surface area contributed by atoms with Gasteiger partial charge in [-0.3, -0.25) is 0 Å². The molecule has 0 radical (unpaired) electrons. The van der Waals surface area contributed by atoms with Crippen molar-refractivity contribution in [3.05, 3.63) is 48.5 Å². The fourth-order valence-corrected chi connectivity index (χ4v) is 2.70. The van der Waals surface area contributed by atoms with Crippen molar-refractivity contribution >= 4 is 0 Å². The van der Waals surface area contributed by atoms with Crippen molar-refractivity contribution < 1.29 is 18.9 Å². The van der Waals surface area contributed by atoms with Crippen molar-refractivity contribution in [1.29, 1.82) is 0 Å². The van der Waals surface area contributed by atoms with Crippen LogP contribution in [0.2, 0.25) is 0 Å². The van der Waals surface area contributed by atoms with E-state index in [-0.39, 0.29) is 6.29 Å². The van der Waals surface area contributed by atoms with Crippen LogP contribution in [-0.2, 0) is 9.47 Å². The highest BCUT2D eigenvalue weighted by molar-refractivity contribution is 5.64. The van der Waals surface area contributed by atoms with Crippen molar-refractivity contribution in [3.63, 3.8) is 0 Å². The summed E-state index contributed by atoms with van der Waals surface area (Å²) >= 11 is 0. The standard InChI is InChI=1S/C20H24O4/c1-21-18-9-5-16(6-10-18)17-7-11-19(12-8-17)22-13-3-2-4-20-23-14-15-24-20/h5-12,20H,2-4,13-15H2,1H3. The van der Waals surface area contributed by atoms with E-state index in [1.165, 1.54) is 11.1 Å². The highest BCUT2D eigenvalue weighted by Gasteiger charge is 2.14. The average Bonchev–Trinajstić information content (AvgIpc) is 3.16. The van der Waals surface area contributed by atoms with Gasteiger partial charge in [0.15, 0.2) is 6.29 Å². The Kier molecular flexibility index (Phi) is 6.10. The number of hydrogen-bond donors (Lipinski definition) is 0. The van der Waals surface area contributed by atoms with Gasteiger partial charge in [0.25, 0.3) is 0 Å². The van der Waals surface area contributed by atoms with Gasteiger partial charge in [0.05, 0.1) is 26.9 Å². The Morgan fingerprint density at radius 1 is 0.833 bits per heavy atom. The lowest BCUT2D eigenvalue weighted by atomic mass is 10.1. The molecule has 24 heavy (non-hydrogen) atoms. The minimum atomic E-state index is -0.00576. The maximum absolute atomic E-state index is 5.80. The van der Waals surface area contributed by atoms with E-state index >= 15 is 0 Å². The van der Waals surface area contributed by atoms with Crippen molar-refractivity contribution in [2.75, 3.05) is 26.9 Å². The molecule has 1 fully saturated rings. The zero-order chi connectivity index (χ0) is 16.6. The lowest BCUT2D eigenvalue weighted by Gasteiger charge is -2.10. The Hall–Kier alpha value is -2.04. The molecular formula is C20H24O4. The van der Waals surface area contributed by atoms with Gasteiger partial charge in [-0.1, -0.05) is 24.3 Å². The first-order chi connectivity index (χ1) is 11.8. The maximum atomic E-state index is 5.80. The molecule has 0 N–H and O–H groups in total. The third kappa shape index (κ3) is 4.73. The monoisotopic (exact) mass is 328 g/mol. The smallest absolute Gasteiger partial charge is 0.157 e. The molecule has 0 atom stereocenters. The number of hydrogen-bond acceptors (Lipinski definition) is 4. The van der Waals surface area contributed by atoms with Crippen LogP contribution >= 0.6 is 0 Å². The first-order valence-electron chi connectivity index (χ1n) is 8.45. The first-order valence-corrected chi connectivity index (χ1v) is 8.45. The van der Waals surface area contributed by atoms with Crippen molar-refractivity contribution in [2.24, 2.45) is 0 Å².